The zero-order valence-corrected chi connectivity index (χ0v) is 17.7. The largest absolute Gasteiger partial charge is 0.335 e. The minimum Gasteiger partial charge on any atom is -0.335 e. The Labute approximate surface area is 178 Å². The number of amides is 2. The smallest absolute Gasteiger partial charge is 0.254 e. The molecule has 2 aliphatic rings. The average molecular weight is 449 g/mol. The summed E-state index contributed by atoms with van der Waals surface area (Å²) in [5.41, 5.74) is 1.94. The van der Waals surface area contributed by atoms with E-state index in [9.17, 15) is 26.8 Å². The fourth-order valence-corrected chi connectivity index (χ4v) is 4.91. The Morgan fingerprint density at radius 1 is 0.806 bits per heavy atom. The second-order valence-corrected chi connectivity index (χ2v) is 9.55. The van der Waals surface area contributed by atoms with E-state index >= 15 is 0 Å². The average Bonchev–Trinajstić information content (AvgIpc) is 3.18. The summed E-state index contributed by atoms with van der Waals surface area (Å²) in [7, 11) is -3.36. The van der Waals surface area contributed by atoms with Crippen LogP contribution in [0.5, 0.6) is 0 Å². The van der Waals surface area contributed by atoms with Gasteiger partial charge in [-0.1, -0.05) is 0 Å². The quantitative estimate of drug-likeness (QED) is 0.717. The molecular formula is C21H21F2N3O4S. The summed E-state index contributed by atoms with van der Waals surface area (Å²) in [5.74, 6) is -2.70. The zero-order valence-electron chi connectivity index (χ0n) is 16.8. The predicted octanol–water partition coefficient (Wildman–Crippen LogP) is 1.89. The van der Waals surface area contributed by atoms with Crippen LogP contribution in [0.4, 0.5) is 14.5 Å². The first-order valence-electron chi connectivity index (χ1n) is 9.79. The van der Waals surface area contributed by atoms with E-state index in [4.69, 9.17) is 0 Å². The summed E-state index contributed by atoms with van der Waals surface area (Å²) < 4.78 is 51.6. The van der Waals surface area contributed by atoms with Crippen molar-refractivity contribution in [3.8, 4) is 0 Å². The monoisotopic (exact) mass is 449 g/mol. The second kappa shape index (κ2) is 7.92. The van der Waals surface area contributed by atoms with Crippen molar-refractivity contribution in [1.29, 1.82) is 0 Å². The third kappa shape index (κ3) is 4.12. The Kier molecular flexibility index (Phi) is 5.42. The molecule has 164 valence electrons. The molecule has 0 unspecified atom stereocenters. The van der Waals surface area contributed by atoms with Crippen LogP contribution in [-0.2, 0) is 16.4 Å². The van der Waals surface area contributed by atoms with Crippen molar-refractivity contribution in [2.24, 2.45) is 0 Å². The number of carbonyl (C=O) groups excluding carboxylic acids is 2. The van der Waals surface area contributed by atoms with Crippen molar-refractivity contribution in [3.05, 3.63) is 64.7 Å². The normalized spacial score (nSPS) is 16.4. The first-order chi connectivity index (χ1) is 14.6. The van der Waals surface area contributed by atoms with Crippen molar-refractivity contribution in [1.82, 2.24) is 9.80 Å². The maximum absolute atomic E-state index is 13.4. The van der Waals surface area contributed by atoms with Gasteiger partial charge in [-0.25, -0.2) is 17.2 Å². The van der Waals surface area contributed by atoms with Gasteiger partial charge in [0.05, 0.1) is 11.9 Å². The lowest BCUT2D eigenvalue weighted by molar-refractivity contribution is 0.0535. The first kappa shape index (κ1) is 21.2. The molecule has 31 heavy (non-hydrogen) atoms. The molecule has 2 aromatic carbocycles. The van der Waals surface area contributed by atoms with Crippen LogP contribution in [0, 0.1) is 11.6 Å². The summed E-state index contributed by atoms with van der Waals surface area (Å²) in [6.07, 6.45) is 1.70. The summed E-state index contributed by atoms with van der Waals surface area (Å²) in [4.78, 5) is 28.6. The van der Waals surface area contributed by atoms with Crippen LogP contribution < -0.4 is 4.31 Å². The van der Waals surface area contributed by atoms with Gasteiger partial charge >= 0.3 is 0 Å². The van der Waals surface area contributed by atoms with Gasteiger partial charge < -0.3 is 9.80 Å². The Bertz CT molecular complexity index is 1160. The molecule has 0 bridgehead atoms. The topological polar surface area (TPSA) is 78.0 Å². The highest BCUT2D eigenvalue weighted by Gasteiger charge is 2.29. The van der Waals surface area contributed by atoms with E-state index in [1.807, 2.05) is 0 Å². The van der Waals surface area contributed by atoms with Crippen LogP contribution in [0.25, 0.3) is 0 Å². The maximum Gasteiger partial charge on any atom is 0.254 e. The van der Waals surface area contributed by atoms with Crippen molar-refractivity contribution in [3.63, 3.8) is 0 Å². The van der Waals surface area contributed by atoms with Crippen LogP contribution in [0.1, 0.15) is 26.3 Å². The lowest BCUT2D eigenvalue weighted by atomic mass is 10.1. The van der Waals surface area contributed by atoms with Crippen molar-refractivity contribution in [2.45, 2.75) is 6.42 Å². The van der Waals surface area contributed by atoms with Crippen LogP contribution in [-0.4, -0.2) is 69.0 Å². The highest BCUT2D eigenvalue weighted by atomic mass is 32.2. The SMILES string of the molecule is CS(=O)(=O)N1CCc2cc(C(=O)N3CCN(C(=O)c4ccc(F)c(F)c4)CC3)ccc21. The molecule has 1 fully saturated rings. The molecule has 10 heteroatoms. The molecule has 0 saturated carbocycles. The molecule has 2 aromatic rings. The number of hydrogen-bond donors (Lipinski definition) is 0. The van der Waals surface area contributed by atoms with Gasteiger partial charge in [0.2, 0.25) is 10.0 Å². The number of anilines is 1. The third-order valence-corrected chi connectivity index (χ3v) is 6.78. The Balaban J connectivity index is 1.42. The molecule has 0 radical (unpaired) electrons. The second-order valence-electron chi connectivity index (χ2n) is 7.64. The Morgan fingerprint density at radius 3 is 1.90 bits per heavy atom. The van der Waals surface area contributed by atoms with E-state index in [0.29, 0.717) is 37.3 Å². The number of piperazine rings is 1. The number of fused-ring (bicyclic) bond motifs is 1. The van der Waals surface area contributed by atoms with Crippen molar-refractivity contribution < 1.29 is 26.8 Å². The molecular weight excluding hydrogens is 428 g/mol. The van der Waals surface area contributed by atoms with Gasteiger partial charge in [-0.15, -0.1) is 0 Å². The van der Waals surface area contributed by atoms with Gasteiger partial charge in [-0.2, -0.15) is 0 Å². The molecule has 7 nitrogen and oxygen atoms in total. The fourth-order valence-electron chi connectivity index (χ4n) is 3.96. The van der Waals surface area contributed by atoms with E-state index in [0.717, 1.165) is 24.0 Å². The highest BCUT2D eigenvalue weighted by molar-refractivity contribution is 7.92. The van der Waals surface area contributed by atoms with Gasteiger partial charge in [-0.3, -0.25) is 13.9 Å². The van der Waals surface area contributed by atoms with Crippen molar-refractivity contribution in [2.75, 3.05) is 43.3 Å². The third-order valence-electron chi connectivity index (χ3n) is 5.60. The molecule has 0 aromatic heterocycles. The first-order valence-corrected chi connectivity index (χ1v) is 11.6. The number of rotatable bonds is 3. The van der Waals surface area contributed by atoms with Gasteiger partial charge in [-0.05, 0) is 48.4 Å². The van der Waals surface area contributed by atoms with Gasteiger partial charge in [0.25, 0.3) is 11.8 Å². The molecule has 4 rings (SSSR count). The fraction of sp³-hybridized carbons (Fsp3) is 0.333. The minimum atomic E-state index is -3.36. The Morgan fingerprint density at radius 2 is 1.35 bits per heavy atom. The predicted molar refractivity (Wildman–Crippen MR) is 111 cm³/mol. The number of hydrogen-bond acceptors (Lipinski definition) is 4. The maximum atomic E-state index is 13.4. The van der Waals surface area contributed by atoms with Crippen LogP contribution in [0.15, 0.2) is 36.4 Å². The van der Waals surface area contributed by atoms with E-state index < -0.39 is 27.6 Å². The van der Waals surface area contributed by atoms with Crippen molar-refractivity contribution >= 4 is 27.5 Å². The Hall–Kier alpha value is -3.01. The minimum absolute atomic E-state index is 0.0627. The molecule has 0 spiro atoms. The van der Waals surface area contributed by atoms with Gasteiger partial charge in [0.1, 0.15) is 0 Å². The molecule has 1 saturated heterocycles. The van der Waals surface area contributed by atoms with E-state index in [1.165, 1.54) is 15.3 Å². The zero-order chi connectivity index (χ0) is 22.3. The molecule has 2 amide bonds. The van der Waals surface area contributed by atoms with Crippen LogP contribution in [0.2, 0.25) is 0 Å². The van der Waals surface area contributed by atoms with E-state index in [1.54, 1.807) is 23.1 Å². The lowest BCUT2D eigenvalue weighted by Crippen LogP contribution is -2.50. The van der Waals surface area contributed by atoms with Gasteiger partial charge in [0.15, 0.2) is 11.6 Å². The molecule has 0 atom stereocenters. The van der Waals surface area contributed by atoms with Gasteiger partial charge in [0, 0.05) is 43.9 Å². The summed E-state index contributed by atoms with van der Waals surface area (Å²) >= 11 is 0. The van der Waals surface area contributed by atoms with E-state index in [2.05, 4.69) is 0 Å². The summed E-state index contributed by atoms with van der Waals surface area (Å²) in [6.45, 7) is 1.52. The lowest BCUT2D eigenvalue weighted by Gasteiger charge is -2.35. The van der Waals surface area contributed by atoms with Crippen LogP contribution in [0.3, 0.4) is 0 Å². The van der Waals surface area contributed by atoms with Crippen LogP contribution >= 0.6 is 0 Å². The molecule has 0 N–H and O–H groups in total. The number of halogens is 2. The standard InChI is InChI=1S/C21H21F2N3O4S/c1-31(29,30)26-7-6-14-12-15(3-5-19(14)26)20(27)24-8-10-25(11-9-24)21(28)16-2-4-17(22)18(23)13-16/h2-5,12-13H,6-11H2,1H3. The summed E-state index contributed by atoms with van der Waals surface area (Å²) in [6, 6.07) is 8.02. The number of sulfonamides is 1. The number of benzene rings is 2. The number of carbonyl (C=O) groups is 2. The highest BCUT2D eigenvalue weighted by Crippen LogP contribution is 2.31. The molecule has 0 aliphatic carbocycles. The molecule has 2 heterocycles. The molecule has 2 aliphatic heterocycles. The number of nitrogens with zero attached hydrogens (tertiary/aromatic N) is 3. The summed E-state index contributed by atoms with van der Waals surface area (Å²) in [5, 5.41) is 0. The van der Waals surface area contributed by atoms with E-state index in [-0.39, 0.29) is 24.6 Å².